The molecule has 0 heterocycles. The smallest absolute Gasteiger partial charge is 0.340 e. The standard InChI is InChI=1S/C20H23ClN2O6/c1-11-6-15(16(26-2)8-13(11)21)23-19(24)10-22-14-9-18(28-4)17(27-3)7-12(14)20(25)29-5/h6-9,22H,10H2,1-5H3,(H,23,24). The van der Waals surface area contributed by atoms with Crippen molar-refractivity contribution < 1.29 is 28.5 Å². The van der Waals surface area contributed by atoms with Gasteiger partial charge in [-0.15, -0.1) is 0 Å². The van der Waals surface area contributed by atoms with Crippen molar-refractivity contribution in [2.75, 3.05) is 45.6 Å². The average molecular weight is 423 g/mol. The van der Waals surface area contributed by atoms with Crippen LogP contribution in [-0.2, 0) is 9.53 Å². The van der Waals surface area contributed by atoms with Crippen molar-refractivity contribution in [3.63, 3.8) is 0 Å². The van der Waals surface area contributed by atoms with Gasteiger partial charge in [-0.2, -0.15) is 0 Å². The van der Waals surface area contributed by atoms with Crippen LogP contribution in [0, 0.1) is 6.92 Å². The quantitative estimate of drug-likeness (QED) is 0.628. The van der Waals surface area contributed by atoms with Gasteiger partial charge in [-0.3, -0.25) is 4.79 Å². The fourth-order valence-electron chi connectivity index (χ4n) is 2.60. The molecular weight excluding hydrogens is 400 g/mol. The number of hydrogen-bond donors (Lipinski definition) is 2. The lowest BCUT2D eigenvalue weighted by Crippen LogP contribution is -2.23. The minimum absolute atomic E-state index is 0.121. The maximum atomic E-state index is 12.4. The second kappa shape index (κ2) is 9.88. The first-order chi connectivity index (χ1) is 13.8. The van der Waals surface area contributed by atoms with Crippen LogP contribution in [0.3, 0.4) is 0 Å². The third-order valence-electron chi connectivity index (χ3n) is 4.12. The first-order valence-electron chi connectivity index (χ1n) is 8.56. The van der Waals surface area contributed by atoms with E-state index in [0.717, 1.165) is 5.56 Å². The second-order valence-corrected chi connectivity index (χ2v) is 6.35. The fourth-order valence-corrected chi connectivity index (χ4v) is 2.76. The fraction of sp³-hybridized carbons (Fsp3) is 0.300. The predicted octanol–water partition coefficient (Wildman–Crippen LogP) is 3.51. The number of rotatable bonds is 8. The summed E-state index contributed by atoms with van der Waals surface area (Å²) in [6.45, 7) is 1.70. The Labute approximate surface area is 174 Å². The van der Waals surface area contributed by atoms with Gasteiger partial charge in [0.05, 0.1) is 51.9 Å². The third kappa shape index (κ3) is 5.23. The Morgan fingerprint density at radius 3 is 2.10 bits per heavy atom. The molecule has 156 valence electrons. The SMILES string of the molecule is COC(=O)c1cc(OC)c(OC)cc1NCC(=O)Nc1cc(C)c(Cl)cc1OC. The van der Waals surface area contributed by atoms with Crippen molar-refractivity contribution in [2.45, 2.75) is 6.92 Å². The average Bonchev–Trinajstić information content (AvgIpc) is 2.73. The monoisotopic (exact) mass is 422 g/mol. The van der Waals surface area contributed by atoms with Crippen molar-refractivity contribution in [1.82, 2.24) is 0 Å². The Morgan fingerprint density at radius 1 is 0.897 bits per heavy atom. The molecule has 0 saturated carbocycles. The van der Waals surface area contributed by atoms with Crippen LogP contribution in [0.15, 0.2) is 24.3 Å². The summed E-state index contributed by atoms with van der Waals surface area (Å²) in [7, 11) is 5.69. The highest BCUT2D eigenvalue weighted by Gasteiger charge is 2.18. The van der Waals surface area contributed by atoms with E-state index in [-0.39, 0.29) is 18.0 Å². The van der Waals surface area contributed by atoms with E-state index in [1.807, 2.05) is 6.92 Å². The predicted molar refractivity (Wildman–Crippen MR) is 111 cm³/mol. The number of halogens is 1. The molecule has 29 heavy (non-hydrogen) atoms. The summed E-state index contributed by atoms with van der Waals surface area (Å²) in [5.41, 5.74) is 1.85. The van der Waals surface area contributed by atoms with Gasteiger partial charge in [0.2, 0.25) is 5.91 Å². The zero-order chi connectivity index (χ0) is 21.6. The van der Waals surface area contributed by atoms with Gasteiger partial charge < -0.3 is 29.6 Å². The van der Waals surface area contributed by atoms with E-state index >= 15 is 0 Å². The molecule has 1 amide bonds. The van der Waals surface area contributed by atoms with Crippen LogP contribution in [0.2, 0.25) is 5.02 Å². The molecule has 0 fully saturated rings. The normalized spacial score (nSPS) is 10.1. The Balaban J connectivity index is 2.21. The van der Waals surface area contributed by atoms with E-state index in [4.69, 9.17) is 30.5 Å². The molecule has 2 N–H and O–H groups in total. The van der Waals surface area contributed by atoms with E-state index in [1.165, 1.54) is 34.5 Å². The van der Waals surface area contributed by atoms with Gasteiger partial charge in [0, 0.05) is 23.2 Å². The number of carbonyl (C=O) groups is 2. The first-order valence-corrected chi connectivity index (χ1v) is 8.94. The summed E-state index contributed by atoms with van der Waals surface area (Å²) in [5.74, 6) is 0.275. The molecule has 9 heteroatoms. The largest absolute Gasteiger partial charge is 0.495 e. The summed E-state index contributed by atoms with van der Waals surface area (Å²) in [6.07, 6.45) is 0. The Kier molecular flexibility index (Phi) is 7.55. The van der Waals surface area contributed by atoms with Crippen LogP contribution in [0.5, 0.6) is 17.2 Å². The summed E-state index contributed by atoms with van der Waals surface area (Å²) >= 11 is 6.09. The molecular formula is C20H23ClN2O6. The molecule has 0 aliphatic heterocycles. The van der Waals surface area contributed by atoms with E-state index in [0.29, 0.717) is 33.6 Å². The van der Waals surface area contributed by atoms with Crippen molar-refractivity contribution in [2.24, 2.45) is 0 Å². The number of hydrogen-bond acceptors (Lipinski definition) is 7. The zero-order valence-electron chi connectivity index (χ0n) is 16.8. The van der Waals surface area contributed by atoms with Gasteiger partial charge in [0.25, 0.3) is 0 Å². The molecule has 2 aromatic carbocycles. The van der Waals surface area contributed by atoms with Gasteiger partial charge in [-0.25, -0.2) is 4.79 Å². The van der Waals surface area contributed by atoms with Crippen LogP contribution < -0.4 is 24.8 Å². The zero-order valence-corrected chi connectivity index (χ0v) is 17.6. The molecule has 0 atom stereocenters. The number of benzene rings is 2. The summed E-state index contributed by atoms with van der Waals surface area (Å²) in [6, 6.07) is 6.39. The van der Waals surface area contributed by atoms with Crippen LogP contribution >= 0.6 is 11.6 Å². The lowest BCUT2D eigenvalue weighted by Gasteiger charge is -2.16. The Morgan fingerprint density at radius 2 is 1.52 bits per heavy atom. The van der Waals surface area contributed by atoms with Crippen LogP contribution in [0.1, 0.15) is 15.9 Å². The van der Waals surface area contributed by atoms with E-state index in [9.17, 15) is 9.59 Å². The molecule has 8 nitrogen and oxygen atoms in total. The van der Waals surface area contributed by atoms with E-state index in [2.05, 4.69) is 10.6 Å². The molecule has 0 spiro atoms. The van der Waals surface area contributed by atoms with Crippen molar-refractivity contribution in [1.29, 1.82) is 0 Å². The topological polar surface area (TPSA) is 95.1 Å². The number of methoxy groups -OCH3 is 4. The van der Waals surface area contributed by atoms with Gasteiger partial charge >= 0.3 is 5.97 Å². The molecule has 0 aliphatic rings. The van der Waals surface area contributed by atoms with Gasteiger partial charge in [0.1, 0.15) is 5.75 Å². The van der Waals surface area contributed by atoms with Crippen molar-refractivity contribution >= 4 is 34.9 Å². The van der Waals surface area contributed by atoms with Crippen LogP contribution in [-0.4, -0.2) is 46.9 Å². The number of amides is 1. The molecule has 0 saturated heterocycles. The number of anilines is 2. The number of ether oxygens (including phenoxy) is 4. The number of aryl methyl sites for hydroxylation is 1. The van der Waals surface area contributed by atoms with Crippen LogP contribution in [0.25, 0.3) is 0 Å². The highest BCUT2D eigenvalue weighted by molar-refractivity contribution is 6.31. The molecule has 2 rings (SSSR count). The first kappa shape index (κ1) is 22.2. The van der Waals surface area contributed by atoms with Crippen molar-refractivity contribution in [3.8, 4) is 17.2 Å². The minimum atomic E-state index is -0.580. The summed E-state index contributed by atoms with van der Waals surface area (Å²) in [4.78, 5) is 24.5. The van der Waals surface area contributed by atoms with Crippen LogP contribution in [0.4, 0.5) is 11.4 Å². The summed E-state index contributed by atoms with van der Waals surface area (Å²) in [5, 5.41) is 6.21. The Hall–Kier alpha value is -3.13. The maximum Gasteiger partial charge on any atom is 0.340 e. The summed E-state index contributed by atoms with van der Waals surface area (Å²) < 4.78 is 20.5. The van der Waals surface area contributed by atoms with Gasteiger partial charge in [-0.05, 0) is 18.6 Å². The second-order valence-electron chi connectivity index (χ2n) is 5.95. The van der Waals surface area contributed by atoms with E-state index in [1.54, 1.807) is 18.2 Å². The molecule has 0 radical (unpaired) electrons. The number of esters is 1. The third-order valence-corrected chi connectivity index (χ3v) is 4.53. The lowest BCUT2D eigenvalue weighted by molar-refractivity contribution is -0.114. The highest BCUT2D eigenvalue weighted by atomic mass is 35.5. The lowest BCUT2D eigenvalue weighted by atomic mass is 10.1. The molecule has 2 aromatic rings. The molecule has 0 aromatic heterocycles. The highest BCUT2D eigenvalue weighted by Crippen LogP contribution is 2.34. The number of nitrogens with one attached hydrogen (secondary N) is 2. The maximum absolute atomic E-state index is 12.4. The molecule has 0 aliphatic carbocycles. The minimum Gasteiger partial charge on any atom is -0.495 e. The Bertz CT molecular complexity index is 916. The molecule has 0 bridgehead atoms. The van der Waals surface area contributed by atoms with Gasteiger partial charge in [0.15, 0.2) is 11.5 Å². The molecule has 0 unspecified atom stereocenters. The van der Waals surface area contributed by atoms with Gasteiger partial charge in [-0.1, -0.05) is 11.6 Å². The van der Waals surface area contributed by atoms with E-state index < -0.39 is 5.97 Å². The number of carbonyl (C=O) groups excluding carboxylic acids is 2. The van der Waals surface area contributed by atoms with Crippen molar-refractivity contribution in [3.05, 3.63) is 40.4 Å².